The van der Waals surface area contributed by atoms with Gasteiger partial charge in [-0.25, -0.2) is 9.97 Å². The molecule has 1 aliphatic heterocycles. The van der Waals surface area contributed by atoms with E-state index in [-0.39, 0.29) is 12.5 Å². The molecule has 0 aliphatic carbocycles. The number of nitrogens with zero attached hydrogens (tertiary/aromatic N) is 4. The molecule has 118 valence electrons. The number of anilines is 1. The monoisotopic (exact) mass is 292 g/mol. The van der Waals surface area contributed by atoms with Gasteiger partial charge in [0, 0.05) is 32.1 Å². The van der Waals surface area contributed by atoms with E-state index in [2.05, 4.69) is 47.6 Å². The van der Waals surface area contributed by atoms with Gasteiger partial charge in [0.1, 0.15) is 5.82 Å². The van der Waals surface area contributed by atoms with Gasteiger partial charge in [-0.2, -0.15) is 0 Å². The first-order valence-electron chi connectivity index (χ1n) is 7.98. The van der Waals surface area contributed by atoms with Crippen LogP contribution < -0.4 is 4.90 Å². The fourth-order valence-corrected chi connectivity index (χ4v) is 2.93. The molecule has 1 fully saturated rings. The second kappa shape index (κ2) is 7.18. The van der Waals surface area contributed by atoms with Crippen molar-refractivity contribution in [3.8, 4) is 0 Å². The molecule has 2 heterocycles. The largest absolute Gasteiger partial charge is 0.390 e. The Balaban J connectivity index is 2.13. The molecule has 0 aromatic carbocycles. The fourth-order valence-electron chi connectivity index (χ4n) is 2.93. The van der Waals surface area contributed by atoms with Crippen molar-refractivity contribution in [1.82, 2.24) is 14.9 Å². The Kier molecular flexibility index (Phi) is 5.53. The summed E-state index contributed by atoms with van der Waals surface area (Å²) in [7, 11) is 2.10. The minimum absolute atomic E-state index is 0.0320. The molecule has 5 heteroatoms. The van der Waals surface area contributed by atoms with Crippen LogP contribution in [-0.4, -0.2) is 52.7 Å². The molecular weight excluding hydrogens is 264 g/mol. The molecule has 1 aromatic rings. The van der Waals surface area contributed by atoms with Crippen LogP contribution in [0.4, 0.5) is 5.69 Å². The van der Waals surface area contributed by atoms with Crippen LogP contribution in [0.15, 0.2) is 6.20 Å². The summed E-state index contributed by atoms with van der Waals surface area (Å²) < 4.78 is 0. The molecule has 0 amide bonds. The molecule has 1 N–H and O–H groups in total. The van der Waals surface area contributed by atoms with E-state index in [1.807, 2.05) is 6.20 Å². The minimum Gasteiger partial charge on any atom is -0.390 e. The number of aromatic nitrogens is 2. The summed E-state index contributed by atoms with van der Waals surface area (Å²) >= 11 is 0. The van der Waals surface area contributed by atoms with Gasteiger partial charge in [-0.3, -0.25) is 0 Å². The van der Waals surface area contributed by atoms with E-state index in [9.17, 15) is 5.11 Å². The van der Waals surface area contributed by atoms with Crippen molar-refractivity contribution in [1.29, 1.82) is 0 Å². The summed E-state index contributed by atoms with van der Waals surface area (Å²) in [6.45, 7) is 9.74. The molecule has 0 unspecified atom stereocenters. The van der Waals surface area contributed by atoms with Gasteiger partial charge in [0.25, 0.3) is 0 Å². The summed E-state index contributed by atoms with van der Waals surface area (Å²) in [4.78, 5) is 13.7. The molecule has 0 atom stereocenters. The van der Waals surface area contributed by atoms with Gasteiger partial charge in [0.15, 0.2) is 0 Å². The summed E-state index contributed by atoms with van der Waals surface area (Å²) in [6, 6.07) is 0.506. The maximum Gasteiger partial charge on any atom is 0.131 e. The zero-order valence-corrected chi connectivity index (χ0v) is 13.7. The SMILES string of the molecule is CCN1CCC(N(C)c2cnc(C(C)C)nc2CO)CC1. The van der Waals surface area contributed by atoms with Gasteiger partial charge >= 0.3 is 0 Å². The van der Waals surface area contributed by atoms with E-state index in [4.69, 9.17) is 0 Å². The van der Waals surface area contributed by atoms with Crippen molar-refractivity contribution < 1.29 is 5.11 Å². The van der Waals surface area contributed by atoms with E-state index in [0.29, 0.717) is 6.04 Å². The Hall–Kier alpha value is -1.20. The lowest BCUT2D eigenvalue weighted by Gasteiger charge is -2.37. The molecular formula is C16H28N4O. The number of aliphatic hydroxyl groups excluding tert-OH is 1. The van der Waals surface area contributed by atoms with Crippen molar-refractivity contribution >= 4 is 5.69 Å². The highest BCUT2D eigenvalue weighted by atomic mass is 16.3. The van der Waals surface area contributed by atoms with Gasteiger partial charge in [-0.1, -0.05) is 20.8 Å². The van der Waals surface area contributed by atoms with Gasteiger partial charge in [0.2, 0.25) is 0 Å². The average molecular weight is 292 g/mol. The van der Waals surface area contributed by atoms with Crippen molar-refractivity contribution in [2.45, 2.75) is 52.2 Å². The molecule has 0 spiro atoms. The van der Waals surface area contributed by atoms with E-state index >= 15 is 0 Å². The van der Waals surface area contributed by atoms with Crippen molar-refractivity contribution in [3.63, 3.8) is 0 Å². The molecule has 1 aromatic heterocycles. The highest BCUT2D eigenvalue weighted by Crippen LogP contribution is 2.25. The second-order valence-corrected chi connectivity index (χ2v) is 6.15. The molecule has 1 aliphatic rings. The fraction of sp³-hybridized carbons (Fsp3) is 0.750. The molecule has 2 rings (SSSR count). The normalized spacial score (nSPS) is 17.4. The number of piperidine rings is 1. The highest BCUT2D eigenvalue weighted by molar-refractivity contribution is 5.49. The van der Waals surface area contributed by atoms with E-state index in [1.54, 1.807) is 0 Å². The number of hydrogen-bond donors (Lipinski definition) is 1. The first kappa shape index (κ1) is 16.2. The zero-order valence-electron chi connectivity index (χ0n) is 13.7. The smallest absolute Gasteiger partial charge is 0.131 e. The third-order valence-corrected chi connectivity index (χ3v) is 4.46. The molecule has 0 radical (unpaired) electrons. The number of aliphatic hydroxyl groups is 1. The van der Waals surface area contributed by atoms with Crippen LogP contribution >= 0.6 is 0 Å². The third kappa shape index (κ3) is 3.71. The Labute approximate surface area is 128 Å². The Bertz CT molecular complexity index is 456. The van der Waals surface area contributed by atoms with Gasteiger partial charge < -0.3 is 14.9 Å². The molecule has 21 heavy (non-hydrogen) atoms. The predicted molar refractivity (Wildman–Crippen MR) is 85.6 cm³/mol. The van der Waals surface area contributed by atoms with E-state index in [1.165, 1.54) is 0 Å². The summed E-state index contributed by atoms with van der Waals surface area (Å²) in [5.41, 5.74) is 1.71. The molecule has 5 nitrogen and oxygen atoms in total. The summed E-state index contributed by atoms with van der Waals surface area (Å²) in [5, 5.41) is 9.63. The highest BCUT2D eigenvalue weighted by Gasteiger charge is 2.24. The van der Waals surface area contributed by atoms with Crippen molar-refractivity contribution in [3.05, 3.63) is 17.7 Å². The average Bonchev–Trinajstić information content (AvgIpc) is 2.53. The summed E-state index contributed by atoms with van der Waals surface area (Å²) in [6.07, 6.45) is 4.18. The van der Waals surface area contributed by atoms with E-state index in [0.717, 1.165) is 49.7 Å². The summed E-state index contributed by atoms with van der Waals surface area (Å²) in [5.74, 6) is 1.08. The first-order chi connectivity index (χ1) is 10.1. The predicted octanol–water partition coefficient (Wildman–Crippen LogP) is 2.01. The van der Waals surface area contributed by atoms with Crippen LogP contribution in [0.25, 0.3) is 0 Å². The van der Waals surface area contributed by atoms with Crippen LogP contribution in [0, 0.1) is 0 Å². The van der Waals surface area contributed by atoms with Crippen molar-refractivity contribution in [2.75, 3.05) is 31.6 Å². The third-order valence-electron chi connectivity index (χ3n) is 4.46. The number of rotatable bonds is 5. The standard InChI is InChI=1S/C16H28N4O/c1-5-20-8-6-13(7-9-20)19(4)15-10-17-16(12(2)3)18-14(15)11-21/h10,12-13,21H,5-9,11H2,1-4H3. The Morgan fingerprint density at radius 1 is 1.38 bits per heavy atom. The Morgan fingerprint density at radius 3 is 2.57 bits per heavy atom. The molecule has 1 saturated heterocycles. The Morgan fingerprint density at radius 2 is 2.05 bits per heavy atom. The van der Waals surface area contributed by atoms with Crippen LogP contribution in [0.1, 0.15) is 51.0 Å². The second-order valence-electron chi connectivity index (χ2n) is 6.15. The van der Waals surface area contributed by atoms with Crippen LogP contribution in [0.5, 0.6) is 0 Å². The van der Waals surface area contributed by atoms with Crippen molar-refractivity contribution in [2.24, 2.45) is 0 Å². The molecule has 0 saturated carbocycles. The molecule has 0 bridgehead atoms. The van der Waals surface area contributed by atoms with Crippen LogP contribution in [-0.2, 0) is 6.61 Å². The number of hydrogen-bond acceptors (Lipinski definition) is 5. The minimum atomic E-state index is -0.0320. The first-order valence-corrected chi connectivity index (χ1v) is 7.98. The quantitative estimate of drug-likeness (QED) is 0.900. The lowest BCUT2D eigenvalue weighted by atomic mass is 10.0. The number of likely N-dealkylation sites (tertiary alicyclic amines) is 1. The lowest BCUT2D eigenvalue weighted by Crippen LogP contribution is -2.43. The zero-order chi connectivity index (χ0) is 15.4. The maximum absolute atomic E-state index is 9.63. The topological polar surface area (TPSA) is 52.5 Å². The lowest BCUT2D eigenvalue weighted by molar-refractivity contribution is 0.220. The maximum atomic E-state index is 9.63. The van der Waals surface area contributed by atoms with Gasteiger partial charge in [-0.15, -0.1) is 0 Å². The van der Waals surface area contributed by atoms with Crippen LogP contribution in [0.2, 0.25) is 0 Å². The van der Waals surface area contributed by atoms with E-state index < -0.39 is 0 Å². The van der Waals surface area contributed by atoms with Gasteiger partial charge in [0.05, 0.1) is 24.2 Å². The van der Waals surface area contributed by atoms with Gasteiger partial charge in [-0.05, 0) is 19.4 Å². The van der Waals surface area contributed by atoms with Crippen LogP contribution in [0.3, 0.4) is 0 Å².